The molecule has 10 aromatic carbocycles. The molecule has 3 fully saturated rings. The first-order valence-corrected chi connectivity index (χ1v) is 55.9. The van der Waals surface area contributed by atoms with Gasteiger partial charge in [-0.05, 0) is 252 Å². The number of ether oxygens (including phenoxy) is 3. The molecule has 0 amide bonds. The number of halogens is 9. The maximum Gasteiger partial charge on any atom is 0.404 e. The maximum absolute atomic E-state index is 12.7. The molecule has 3 saturated carbocycles. The Bertz CT molecular complexity index is 8310. The number of nitrogens with one attached hydrogen (secondary N) is 5. The fraction of sp³-hybridized carbons (Fsp3) is 0.286. The minimum Gasteiger partial charge on any atom is -0.497 e. The van der Waals surface area contributed by atoms with Gasteiger partial charge in [0.05, 0.1) is 103 Å². The number of fused-ring (bicyclic) bond motifs is 5. The third-order valence-corrected chi connectivity index (χ3v) is 30.8. The normalized spacial score (nSPS) is 13.2. The van der Waals surface area contributed by atoms with Gasteiger partial charge in [-0.3, -0.25) is 23.6 Å². The number of rotatable bonds is 34. The van der Waals surface area contributed by atoms with E-state index in [0.29, 0.717) is 161 Å². The van der Waals surface area contributed by atoms with Crippen LogP contribution in [0.1, 0.15) is 114 Å². The van der Waals surface area contributed by atoms with Gasteiger partial charge in [-0.25, -0.2) is 42.1 Å². The topological polar surface area (TPSA) is 402 Å². The number of sulfonamides is 5. The fourth-order valence-electron chi connectivity index (χ4n) is 17.3. The van der Waals surface area contributed by atoms with E-state index in [0.717, 1.165) is 112 Å². The number of anilines is 5. The first kappa shape index (κ1) is 108. The van der Waals surface area contributed by atoms with Gasteiger partial charge in [0.1, 0.15) is 47.6 Å². The lowest BCUT2D eigenvalue weighted by Gasteiger charge is -2.12. The highest BCUT2D eigenvalue weighted by Crippen LogP contribution is 2.46. The number of nitrogens with zero attached hydrogens (tertiary/aromatic N) is 10. The molecule has 0 aliphatic heterocycles. The summed E-state index contributed by atoms with van der Waals surface area (Å²) in [6.45, 7) is 6.62. The van der Waals surface area contributed by atoms with Crippen molar-refractivity contribution in [2.75, 3.05) is 60.0 Å². The molecule has 0 bridgehead atoms. The Morgan fingerprint density at radius 1 is 0.361 bits per heavy atom. The highest BCUT2D eigenvalue weighted by Gasteiger charge is 2.37. The highest BCUT2D eigenvalue weighted by atomic mass is 35.5. The summed E-state index contributed by atoms with van der Waals surface area (Å²) < 4.78 is 242. The Labute approximate surface area is 856 Å². The van der Waals surface area contributed by atoms with E-state index in [1.165, 1.54) is 49.2 Å². The van der Waals surface area contributed by atoms with Crippen LogP contribution in [0.3, 0.4) is 0 Å². The minimum absolute atomic E-state index is 0.00119. The second-order valence-corrected chi connectivity index (χ2v) is 45.4. The van der Waals surface area contributed by atoms with E-state index in [-0.39, 0.29) is 34.4 Å². The fourth-order valence-corrected chi connectivity index (χ4v) is 21.7. The summed E-state index contributed by atoms with van der Waals surface area (Å²) in [7, 11) is -16.4. The number of unbranched alkanes of at least 4 members (excludes halogenated alkanes) is 1. The number of hydrogen-bond acceptors (Lipinski definition) is 18. The molecule has 3 aliphatic rings. The van der Waals surface area contributed by atoms with Crippen LogP contribution in [0.15, 0.2) is 212 Å². The molecule has 147 heavy (non-hydrogen) atoms. The molecule has 5 heterocycles. The van der Waals surface area contributed by atoms with Crippen LogP contribution < -0.4 is 37.8 Å². The van der Waals surface area contributed by atoms with Crippen molar-refractivity contribution in [3.63, 3.8) is 0 Å². The molecule has 0 atom stereocenters. The SMILES string of the molecule is CCCCS(=O)(=O)Nc1ccc(-c2c(C#N)c3cc(Cl)ccc3n2CC)cc1.CCS(=O)(=O)Nc1ccc(-c2c(C#N)c3ccc(OC(F)F)cc3n2CC2CC2)cc1.CCS(=O)(=O)Nc1ccc(-c2c(C#N)c3ccc(OC)cc3n2CC2CC2)cc1.CCn1c(-c2ccc(NS(=O)(=O)CC(F)(F)F)cc2)c(C#N)c2cc(Cl)ccc21.CS(=O)(=O)Nc1ccc(-c2c(C#N)c3ccc(OC(F)F)cc3n2CC2CC2)cc1. The van der Waals surface area contributed by atoms with Crippen LogP contribution in [0.4, 0.5) is 59.2 Å². The van der Waals surface area contributed by atoms with Crippen LogP contribution in [0.2, 0.25) is 10.0 Å². The lowest BCUT2D eigenvalue weighted by atomic mass is 10.1. The van der Waals surface area contributed by atoms with Crippen molar-refractivity contribution in [3.8, 4) is 104 Å². The molecule has 5 N–H and O–H groups in total. The molecule has 42 heteroatoms. The molecule has 28 nitrogen and oxygen atoms in total. The van der Waals surface area contributed by atoms with Gasteiger partial charge in [0.2, 0.25) is 50.1 Å². The summed E-state index contributed by atoms with van der Waals surface area (Å²) in [4.78, 5) is 0. The number of methoxy groups -OCH3 is 1. The molecule has 0 saturated heterocycles. The molecule has 0 spiro atoms. The lowest BCUT2D eigenvalue weighted by molar-refractivity contribution is -0.106. The van der Waals surface area contributed by atoms with Gasteiger partial charge in [-0.2, -0.15) is 57.0 Å². The monoisotopic (exact) mass is 2140 g/mol. The van der Waals surface area contributed by atoms with Gasteiger partial charge in [0, 0.05) is 127 Å². The first-order valence-electron chi connectivity index (χ1n) is 46.6. The van der Waals surface area contributed by atoms with Gasteiger partial charge >= 0.3 is 19.4 Å². The van der Waals surface area contributed by atoms with Crippen LogP contribution in [0, 0.1) is 74.4 Å². The molecule has 3 aliphatic carbocycles. The van der Waals surface area contributed by atoms with Crippen LogP contribution in [-0.2, 0) is 82.8 Å². The average Bonchev–Trinajstić information content (AvgIpc) is 1.60. The third kappa shape index (κ3) is 26.7. The van der Waals surface area contributed by atoms with E-state index in [2.05, 4.69) is 67.8 Å². The highest BCUT2D eigenvalue weighted by molar-refractivity contribution is 7.93. The predicted molar refractivity (Wildman–Crippen MR) is 560 cm³/mol. The van der Waals surface area contributed by atoms with E-state index < -0.39 is 75.3 Å². The second kappa shape index (κ2) is 45.7. The molecule has 0 unspecified atom stereocenters. The van der Waals surface area contributed by atoms with Gasteiger partial charge in [0.15, 0.2) is 5.75 Å². The number of alkyl halides is 7. The Morgan fingerprint density at radius 3 is 0.905 bits per heavy atom. The molecule has 5 aromatic heterocycles. The van der Waals surface area contributed by atoms with E-state index in [4.69, 9.17) is 27.9 Å². The van der Waals surface area contributed by atoms with Gasteiger partial charge in [-0.15, -0.1) is 0 Å². The smallest absolute Gasteiger partial charge is 0.404 e. The molecule has 18 rings (SSSR count). The van der Waals surface area contributed by atoms with Crippen molar-refractivity contribution in [3.05, 3.63) is 250 Å². The van der Waals surface area contributed by atoms with Crippen LogP contribution in [-0.4, -0.2) is 121 Å². The average molecular weight is 2140 g/mol. The van der Waals surface area contributed by atoms with Gasteiger partial charge in [-0.1, -0.05) is 97.2 Å². The number of aromatic nitrogens is 5. The lowest BCUT2D eigenvalue weighted by Crippen LogP contribution is -2.27. The largest absolute Gasteiger partial charge is 0.497 e. The summed E-state index contributed by atoms with van der Waals surface area (Å²) >= 11 is 12.2. The minimum atomic E-state index is -4.84. The summed E-state index contributed by atoms with van der Waals surface area (Å²) in [6.07, 6.45) is 4.37. The zero-order chi connectivity index (χ0) is 106. The summed E-state index contributed by atoms with van der Waals surface area (Å²) in [5, 5.41) is 53.9. The summed E-state index contributed by atoms with van der Waals surface area (Å²) in [6, 6.07) is 70.8. The first-order chi connectivity index (χ1) is 69.9. The van der Waals surface area contributed by atoms with E-state index in [9.17, 15) is 99.1 Å². The second-order valence-electron chi connectivity index (χ2n) is 35.2. The van der Waals surface area contributed by atoms with Crippen LogP contribution in [0.25, 0.3) is 111 Å². The Morgan fingerprint density at radius 2 is 0.639 bits per heavy atom. The molecule has 766 valence electrons. The van der Waals surface area contributed by atoms with Gasteiger partial charge < -0.3 is 37.0 Å². The molecular weight excluding hydrogens is 2040 g/mol. The molecular formula is C105H100Cl2F7N15O13S5. The van der Waals surface area contributed by atoms with Crippen molar-refractivity contribution in [2.24, 2.45) is 17.8 Å². The van der Waals surface area contributed by atoms with E-state index in [1.54, 1.807) is 136 Å². The third-order valence-electron chi connectivity index (χ3n) is 24.5. The van der Waals surface area contributed by atoms with Crippen molar-refractivity contribution in [1.82, 2.24) is 22.8 Å². The number of hydrogen-bond donors (Lipinski definition) is 5. The quantitative estimate of drug-likeness (QED) is 0.0234. The van der Waals surface area contributed by atoms with E-state index >= 15 is 0 Å². The van der Waals surface area contributed by atoms with Crippen molar-refractivity contribution >= 4 is 156 Å². The predicted octanol–water partition coefficient (Wildman–Crippen LogP) is 24.4. The van der Waals surface area contributed by atoms with Crippen LogP contribution in [0.5, 0.6) is 17.2 Å². The van der Waals surface area contributed by atoms with Gasteiger partial charge in [0.25, 0.3) is 0 Å². The zero-order valence-electron chi connectivity index (χ0n) is 80.3. The zero-order valence-corrected chi connectivity index (χ0v) is 85.9. The maximum atomic E-state index is 12.7. The van der Waals surface area contributed by atoms with Crippen molar-refractivity contribution in [2.45, 2.75) is 138 Å². The summed E-state index contributed by atoms with van der Waals surface area (Å²) in [5.41, 5.74) is 15.9. The Balaban J connectivity index is 0.000000145. The number of nitriles is 5. The van der Waals surface area contributed by atoms with Crippen molar-refractivity contribution in [1.29, 1.82) is 26.3 Å². The van der Waals surface area contributed by atoms with E-state index in [1.807, 2.05) is 99.9 Å². The molecule has 15 aromatic rings. The standard InChI is InChI=1S/C22H21F2N3O3S.C22H23N3O3S.C21H22ClN3O2S.C21H19F2N3O3S.C19H15ClF3N3O2S/c1-2-31(28,29)26-16-7-5-15(6-8-16)21-19(12-25)18-10-9-17(30-22(23)24)11-20(18)27(21)13-14-3-4-14;1-3-29(26,27)24-17-8-6-16(7-9-17)22-20(13-23)19-11-10-18(28-2)12-21(19)25(22)14-15-4-5-15;1-3-5-12-28(26,27)24-17-9-6-15(7-10-17)21-19(14-23)18-13-16(22)8-11-20(18)25(21)4-2;1-30(27,28)25-15-6-4-14(5-7-15)20-18(11-24)17-9-8-16(29-21(22)23)10-19(17)26(20)12-13-2-3-13;1-2-26-17-8-5-13(20)9-15(17)16(10-24)18(26)12-3-6-14(7-4-12)25-29(27,28)11-19(21,22)23/h5-11,14,22,26H,2-4,13H2,1H3;6-12,15,24H,3-5,14H2,1-2H3;6-11,13,24H,3-5,12H2,1-2H3;4-10,13,21,25H,2-3,12H2,1H3;3-9,25H,2,11H2,1H3. The Kier molecular flexibility index (Phi) is 33.7. The van der Waals surface area contributed by atoms with Crippen LogP contribution >= 0.6 is 23.2 Å². The van der Waals surface area contributed by atoms with Crippen molar-refractivity contribution < 1.29 is 87.0 Å². The number of aryl methyl sites for hydroxylation is 2. The number of benzene rings is 10. The summed E-state index contributed by atoms with van der Waals surface area (Å²) in [5.74, 6) is 0.516. The molecule has 0 radical (unpaired) electrons. The Hall–Kier alpha value is -14.4.